The molecule has 2 heterocycles. The van der Waals surface area contributed by atoms with Gasteiger partial charge in [0.05, 0.1) is 12.2 Å². The van der Waals surface area contributed by atoms with Crippen LogP contribution in [0, 0.1) is 19.8 Å². The molecule has 28 heavy (non-hydrogen) atoms. The van der Waals surface area contributed by atoms with Gasteiger partial charge in [0.15, 0.2) is 0 Å². The number of piperidine rings is 1. The summed E-state index contributed by atoms with van der Waals surface area (Å²) in [7, 11) is 0. The Hall–Kier alpha value is -1.82. The summed E-state index contributed by atoms with van der Waals surface area (Å²) in [5.74, 6) is -0.930. The molecule has 4 nitrogen and oxygen atoms in total. The van der Waals surface area contributed by atoms with Crippen LogP contribution in [0.15, 0.2) is 42.0 Å². The van der Waals surface area contributed by atoms with Gasteiger partial charge in [0.1, 0.15) is 6.61 Å². The van der Waals surface area contributed by atoms with Gasteiger partial charge in [-0.2, -0.15) is 0 Å². The van der Waals surface area contributed by atoms with Crippen molar-refractivity contribution >= 4 is 35.3 Å². The van der Waals surface area contributed by atoms with Gasteiger partial charge in [0.2, 0.25) is 0 Å². The lowest BCUT2D eigenvalue weighted by molar-refractivity contribution is -0.143. The Morgan fingerprint density at radius 2 is 2.07 bits per heavy atom. The Bertz CT molecular complexity index is 818. The highest BCUT2D eigenvalue weighted by molar-refractivity contribution is 7.11. The van der Waals surface area contributed by atoms with Crippen LogP contribution in [-0.4, -0.2) is 42.2 Å². The van der Waals surface area contributed by atoms with Gasteiger partial charge in [-0.1, -0.05) is 24.3 Å². The number of carboxylic acids is 1. The number of nitrogens with zero attached hydrogens (tertiary/aromatic N) is 1. The zero-order valence-electron chi connectivity index (χ0n) is 16.4. The predicted octanol–water partition coefficient (Wildman–Crippen LogP) is 4.99. The Morgan fingerprint density at radius 3 is 2.75 bits per heavy atom. The van der Waals surface area contributed by atoms with E-state index in [1.165, 1.54) is 21.6 Å². The normalized spacial score (nSPS) is 17.8. The molecule has 0 unspecified atom stereocenters. The molecule has 0 radical (unpaired) electrons. The van der Waals surface area contributed by atoms with Crippen LogP contribution in [0.1, 0.15) is 34.4 Å². The molecule has 1 aliphatic heterocycles. The quantitative estimate of drug-likeness (QED) is 0.505. The number of likely N-dealkylation sites (tertiary alicyclic amines) is 1. The Morgan fingerprint density at radius 1 is 1.29 bits per heavy atom. The van der Waals surface area contributed by atoms with Crippen molar-refractivity contribution in [2.45, 2.75) is 26.7 Å². The van der Waals surface area contributed by atoms with Crippen molar-refractivity contribution in [3.8, 4) is 0 Å². The van der Waals surface area contributed by atoms with Crippen LogP contribution in [0.3, 0.4) is 0 Å². The second kappa shape index (κ2) is 10.6. The fourth-order valence-corrected chi connectivity index (χ4v) is 4.49. The maximum absolute atomic E-state index is 11.2. The van der Waals surface area contributed by atoms with Crippen molar-refractivity contribution in [2.24, 2.45) is 5.92 Å². The summed E-state index contributed by atoms with van der Waals surface area (Å²) >= 11 is 1.73. The van der Waals surface area contributed by atoms with Crippen LogP contribution < -0.4 is 0 Å². The summed E-state index contributed by atoms with van der Waals surface area (Å²) in [6.07, 6.45) is 3.59. The second-order valence-corrected chi connectivity index (χ2v) is 8.04. The zero-order chi connectivity index (χ0) is 19.2. The van der Waals surface area contributed by atoms with Crippen LogP contribution in [-0.2, 0) is 9.53 Å². The number of rotatable bonds is 7. The summed E-state index contributed by atoms with van der Waals surface area (Å²) in [5, 5.41) is 11.3. The van der Waals surface area contributed by atoms with Crippen molar-refractivity contribution in [3.05, 3.63) is 63.5 Å². The fraction of sp³-hybridized carbons (Fsp3) is 0.409. The van der Waals surface area contributed by atoms with Crippen LogP contribution in [0.5, 0.6) is 0 Å². The molecule has 0 amide bonds. The minimum atomic E-state index is -0.685. The molecule has 1 saturated heterocycles. The highest BCUT2D eigenvalue weighted by atomic mass is 35.5. The number of aliphatic carboxylic acids is 1. The molecule has 6 heteroatoms. The summed E-state index contributed by atoms with van der Waals surface area (Å²) in [6, 6.07) is 10.5. The molecule has 2 aromatic rings. The Balaban J connectivity index is 0.00000280. The van der Waals surface area contributed by atoms with E-state index in [1.807, 2.05) is 12.3 Å². The average molecular weight is 422 g/mol. The molecule has 0 saturated carbocycles. The lowest BCUT2D eigenvalue weighted by Crippen LogP contribution is -2.40. The molecule has 1 aromatic heterocycles. The van der Waals surface area contributed by atoms with Crippen LogP contribution in [0.2, 0.25) is 0 Å². The lowest BCUT2D eigenvalue weighted by Gasteiger charge is -2.30. The standard InChI is InChI=1S/C22H27NO3S.ClH/c1-16-6-3-4-8-19(16)20(21-17(2)9-13-27-21)15-26-12-11-23-10-5-7-18(14-23)22(24)25;/h3-4,6,8-9,13,15,18H,5,7,10-12,14H2,1-2H3,(H,24,25);1H/t18-;/m1./s1. The molecule has 0 spiro atoms. The number of hydrogen-bond acceptors (Lipinski definition) is 4. The third kappa shape index (κ3) is 5.60. The van der Waals surface area contributed by atoms with Gasteiger partial charge in [-0.05, 0) is 61.4 Å². The number of ether oxygens (including phenoxy) is 1. The van der Waals surface area contributed by atoms with Crippen molar-refractivity contribution in [3.63, 3.8) is 0 Å². The van der Waals surface area contributed by atoms with Gasteiger partial charge < -0.3 is 9.84 Å². The number of hydrogen-bond donors (Lipinski definition) is 1. The summed E-state index contributed by atoms with van der Waals surface area (Å²) in [4.78, 5) is 14.6. The first-order valence-electron chi connectivity index (χ1n) is 9.43. The number of carboxylic acid groups (broad SMARTS) is 1. The van der Waals surface area contributed by atoms with E-state index in [4.69, 9.17) is 4.74 Å². The number of benzene rings is 1. The zero-order valence-corrected chi connectivity index (χ0v) is 18.0. The minimum absolute atomic E-state index is 0. The SMILES string of the molecule is Cc1ccccc1C(=COCCN1CCC[C@@H](C(=O)O)C1)c1sccc1C.Cl. The Labute approximate surface area is 177 Å². The number of carbonyl (C=O) groups is 1. The molecule has 1 fully saturated rings. The van der Waals surface area contributed by atoms with E-state index in [0.717, 1.165) is 31.5 Å². The molecule has 1 aromatic carbocycles. The van der Waals surface area contributed by atoms with Crippen molar-refractivity contribution in [1.29, 1.82) is 0 Å². The van der Waals surface area contributed by atoms with Crippen LogP contribution >= 0.6 is 23.7 Å². The number of thiophene rings is 1. The van der Waals surface area contributed by atoms with Crippen LogP contribution in [0.25, 0.3) is 5.57 Å². The highest BCUT2D eigenvalue weighted by Gasteiger charge is 2.24. The molecule has 152 valence electrons. The topological polar surface area (TPSA) is 49.8 Å². The average Bonchev–Trinajstić information content (AvgIpc) is 3.09. The van der Waals surface area contributed by atoms with Crippen molar-refractivity contribution in [1.82, 2.24) is 4.90 Å². The molecule has 0 bridgehead atoms. The van der Waals surface area contributed by atoms with E-state index in [9.17, 15) is 9.90 Å². The van der Waals surface area contributed by atoms with E-state index >= 15 is 0 Å². The largest absolute Gasteiger partial charge is 0.499 e. The maximum atomic E-state index is 11.2. The van der Waals surface area contributed by atoms with Gasteiger partial charge >= 0.3 is 5.97 Å². The first-order valence-corrected chi connectivity index (χ1v) is 10.3. The molecule has 3 rings (SSSR count). The first-order chi connectivity index (χ1) is 13.1. The smallest absolute Gasteiger partial charge is 0.307 e. The number of halogens is 1. The second-order valence-electron chi connectivity index (χ2n) is 7.13. The van der Waals surface area contributed by atoms with Crippen molar-refractivity contribution in [2.75, 3.05) is 26.2 Å². The van der Waals surface area contributed by atoms with Gasteiger partial charge in [-0.25, -0.2) is 0 Å². The van der Waals surface area contributed by atoms with E-state index < -0.39 is 5.97 Å². The monoisotopic (exact) mass is 421 g/mol. The molecular formula is C22H28ClNO3S. The van der Waals surface area contributed by atoms with E-state index in [2.05, 4.69) is 48.4 Å². The minimum Gasteiger partial charge on any atom is -0.499 e. The molecule has 1 atom stereocenters. The van der Waals surface area contributed by atoms with Gasteiger partial charge in [0.25, 0.3) is 0 Å². The van der Waals surface area contributed by atoms with Gasteiger partial charge in [-0.15, -0.1) is 23.7 Å². The summed E-state index contributed by atoms with van der Waals surface area (Å²) in [6.45, 7) is 7.13. The van der Waals surface area contributed by atoms with Crippen molar-refractivity contribution < 1.29 is 14.6 Å². The molecule has 0 aliphatic carbocycles. The highest BCUT2D eigenvalue weighted by Crippen LogP contribution is 2.32. The van der Waals surface area contributed by atoms with Gasteiger partial charge in [0, 0.05) is 23.5 Å². The Kier molecular flexibility index (Phi) is 8.55. The number of aryl methyl sites for hydroxylation is 2. The molecule has 1 aliphatic rings. The lowest BCUT2D eigenvalue weighted by atomic mass is 9.98. The third-order valence-electron chi connectivity index (χ3n) is 5.12. The summed E-state index contributed by atoms with van der Waals surface area (Å²) < 4.78 is 5.94. The van der Waals surface area contributed by atoms with E-state index in [-0.39, 0.29) is 18.3 Å². The summed E-state index contributed by atoms with van der Waals surface area (Å²) in [5.41, 5.74) is 4.77. The fourth-order valence-electron chi connectivity index (χ4n) is 3.55. The molecular weight excluding hydrogens is 394 g/mol. The third-order valence-corrected chi connectivity index (χ3v) is 6.17. The van der Waals surface area contributed by atoms with Crippen LogP contribution in [0.4, 0.5) is 0 Å². The maximum Gasteiger partial charge on any atom is 0.307 e. The van der Waals surface area contributed by atoms with E-state index in [1.54, 1.807) is 11.3 Å². The van der Waals surface area contributed by atoms with Gasteiger partial charge in [-0.3, -0.25) is 9.69 Å². The first kappa shape index (κ1) is 22.5. The molecule has 1 N–H and O–H groups in total. The predicted molar refractivity (Wildman–Crippen MR) is 117 cm³/mol. The van der Waals surface area contributed by atoms with E-state index in [0.29, 0.717) is 13.2 Å².